The molecule has 3 N–H and O–H groups in total. The second-order valence-corrected chi connectivity index (χ2v) is 5.99. The first-order valence-electron chi connectivity index (χ1n) is 8.29. The average Bonchev–Trinajstić information content (AvgIpc) is 3.18. The van der Waals surface area contributed by atoms with Crippen molar-refractivity contribution in [3.63, 3.8) is 0 Å². The SMILES string of the molecule is Nc1cc(-c2cn[nH]c2C2CN(C(=O)c3ccccn3)CCO2)ccn1. The fourth-order valence-electron chi connectivity index (χ4n) is 3.05. The van der Waals surface area contributed by atoms with Crippen molar-refractivity contribution >= 4 is 11.7 Å². The first kappa shape index (κ1) is 16.2. The Morgan fingerprint density at radius 3 is 3.00 bits per heavy atom. The van der Waals surface area contributed by atoms with Crippen LogP contribution in [0.3, 0.4) is 0 Å². The number of hydrogen-bond acceptors (Lipinski definition) is 6. The molecule has 4 heterocycles. The summed E-state index contributed by atoms with van der Waals surface area (Å²) in [6.07, 6.45) is 4.70. The van der Waals surface area contributed by atoms with Gasteiger partial charge in [0.1, 0.15) is 17.6 Å². The normalized spacial score (nSPS) is 17.2. The van der Waals surface area contributed by atoms with Gasteiger partial charge in [-0.15, -0.1) is 0 Å². The van der Waals surface area contributed by atoms with E-state index in [4.69, 9.17) is 10.5 Å². The lowest BCUT2D eigenvalue weighted by atomic mass is 10.0. The maximum Gasteiger partial charge on any atom is 0.272 e. The quantitative estimate of drug-likeness (QED) is 0.743. The van der Waals surface area contributed by atoms with Gasteiger partial charge in [-0.05, 0) is 29.8 Å². The van der Waals surface area contributed by atoms with E-state index in [-0.39, 0.29) is 12.0 Å². The van der Waals surface area contributed by atoms with E-state index in [1.807, 2.05) is 6.07 Å². The van der Waals surface area contributed by atoms with Crippen molar-refractivity contribution in [2.45, 2.75) is 6.10 Å². The number of pyridine rings is 2. The summed E-state index contributed by atoms with van der Waals surface area (Å²) < 4.78 is 5.90. The number of nitrogen functional groups attached to an aromatic ring is 1. The second-order valence-electron chi connectivity index (χ2n) is 5.99. The summed E-state index contributed by atoms with van der Waals surface area (Å²) >= 11 is 0. The van der Waals surface area contributed by atoms with E-state index in [1.165, 1.54) is 0 Å². The smallest absolute Gasteiger partial charge is 0.272 e. The lowest BCUT2D eigenvalue weighted by molar-refractivity contribution is -0.0246. The molecule has 132 valence electrons. The molecule has 3 aromatic heterocycles. The number of morpholine rings is 1. The molecule has 1 atom stereocenters. The predicted octanol–water partition coefficient (Wildman–Crippen LogP) is 1.66. The standard InChI is InChI=1S/C18H18N6O2/c19-16-9-12(4-6-21-16)13-10-22-23-17(13)15-11-24(7-8-26-15)18(25)14-3-1-2-5-20-14/h1-6,9-10,15H,7-8,11H2,(H2,19,21)(H,22,23). The van der Waals surface area contributed by atoms with Crippen LogP contribution in [0.2, 0.25) is 0 Å². The summed E-state index contributed by atoms with van der Waals surface area (Å²) in [5.41, 5.74) is 8.82. The topological polar surface area (TPSA) is 110 Å². The minimum atomic E-state index is -0.302. The number of carbonyl (C=O) groups is 1. The Labute approximate surface area is 150 Å². The lowest BCUT2D eigenvalue weighted by Crippen LogP contribution is -2.42. The van der Waals surface area contributed by atoms with Crippen LogP contribution in [0, 0.1) is 0 Å². The van der Waals surface area contributed by atoms with Crippen LogP contribution < -0.4 is 5.73 Å². The molecule has 3 aromatic rings. The molecule has 1 aliphatic heterocycles. The largest absolute Gasteiger partial charge is 0.384 e. The van der Waals surface area contributed by atoms with Crippen molar-refractivity contribution in [3.05, 3.63) is 60.3 Å². The van der Waals surface area contributed by atoms with E-state index in [0.717, 1.165) is 16.8 Å². The fraction of sp³-hybridized carbons (Fsp3) is 0.222. The molecule has 26 heavy (non-hydrogen) atoms. The van der Waals surface area contributed by atoms with Crippen LogP contribution in [0.5, 0.6) is 0 Å². The number of nitrogens with zero attached hydrogens (tertiary/aromatic N) is 4. The van der Waals surface area contributed by atoms with Gasteiger partial charge in [0.2, 0.25) is 0 Å². The Kier molecular flexibility index (Phi) is 4.32. The molecule has 0 aliphatic carbocycles. The Bertz CT molecular complexity index is 911. The number of nitrogens with one attached hydrogen (secondary N) is 1. The number of hydrogen-bond donors (Lipinski definition) is 2. The van der Waals surface area contributed by atoms with E-state index in [1.54, 1.807) is 47.8 Å². The van der Waals surface area contributed by atoms with Crippen LogP contribution >= 0.6 is 0 Å². The van der Waals surface area contributed by atoms with Gasteiger partial charge in [-0.1, -0.05) is 6.07 Å². The Hall–Kier alpha value is -3.26. The van der Waals surface area contributed by atoms with E-state index in [2.05, 4.69) is 20.2 Å². The third-order valence-electron chi connectivity index (χ3n) is 4.32. The van der Waals surface area contributed by atoms with Crippen molar-refractivity contribution in [2.24, 2.45) is 0 Å². The van der Waals surface area contributed by atoms with Gasteiger partial charge in [0.15, 0.2) is 0 Å². The number of rotatable bonds is 3. The Balaban J connectivity index is 1.58. The minimum absolute atomic E-state index is 0.104. The van der Waals surface area contributed by atoms with Gasteiger partial charge in [0, 0.05) is 24.5 Å². The number of ether oxygens (including phenoxy) is 1. The zero-order chi connectivity index (χ0) is 17.9. The van der Waals surface area contributed by atoms with Crippen molar-refractivity contribution < 1.29 is 9.53 Å². The van der Waals surface area contributed by atoms with Gasteiger partial charge in [-0.2, -0.15) is 5.10 Å². The molecule has 0 radical (unpaired) electrons. The predicted molar refractivity (Wildman–Crippen MR) is 95.1 cm³/mol. The average molecular weight is 350 g/mol. The molecule has 1 saturated heterocycles. The summed E-state index contributed by atoms with van der Waals surface area (Å²) in [4.78, 5) is 22.6. The van der Waals surface area contributed by atoms with Crippen LogP contribution in [-0.2, 0) is 4.74 Å². The first-order chi connectivity index (χ1) is 12.7. The van der Waals surface area contributed by atoms with E-state index < -0.39 is 0 Å². The monoisotopic (exact) mass is 350 g/mol. The molecule has 0 bridgehead atoms. The summed E-state index contributed by atoms with van der Waals surface area (Å²) in [5.74, 6) is 0.333. The zero-order valence-electron chi connectivity index (χ0n) is 14.0. The van der Waals surface area contributed by atoms with Gasteiger partial charge in [-0.3, -0.25) is 14.9 Å². The maximum atomic E-state index is 12.7. The van der Waals surface area contributed by atoms with Crippen LogP contribution in [0.1, 0.15) is 22.3 Å². The number of aromatic amines is 1. The molecule has 1 aliphatic rings. The van der Waals surface area contributed by atoms with Gasteiger partial charge in [-0.25, -0.2) is 4.98 Å². The highest BCUT2D eigenvalue weighted by Crippen LogP contribution is 2.31. The molecular weight excluding hydrogens is 332 g/mol. The van der Waals surface area contributed by atoms with E-state index in [0.29, 0.717) is 31.2 Å². The van der Waals surface area contributed by atoms with Crippen molar-refractivity contribution in [1.29, 1.82) is 0 Å². The summed E-state index contributed by atoms with van der Waals surface area (Å²) in [6, 6.07) is 8.96. The van der Waals surface area contributed by atoms with E-state index in [9.17, 15) is 4.79 Å². The number of aromatic nitrogens is 4. The number of carbonyl (C=O) groups excluding carboxylic acids is 1. The van der Waals surface area contributed by atoms with Crippen LogP contribution in [0.15, 0.2) is 48.9 Å². The third kappa shape index (κ3) is 3.14. The fourth-order valence-corrected chi connectivity index (χ4v) is 3.05. The van der Waals surface area contributed by atoms with Crippen molar-refractivity contribution in [2.75, 3.05) is 25.4 Å². The van der Waals surface area contributed by atoms with Gasteiger partial charge in [0.05, 0.1) is 25.0 Å². The molecule has 1 fully saturated rings. The highest BCUT2D eigenvalue weighted by Gasteiger charge is 2.29. The molecular formula is C18H18N6O2. The third-order valence-corrected chi connectivity index (χ3v) is 4.32. The molecule has 0 aromatic carbocycles. The van der Waals surface area contributed by atoms with Crippen molar-refractivity contribution in [1.82, 2.24) is 25.1 Å². The molecule has 8 nitrogen and oxygen atoms in total. The number of anilines is 1. The zero-order valence-corrected chi connectivity index (χ0v) is 14.0. The second kappa shape index (κ2) is 6.93. The number of H-pyrrole nitrogens is 1. The van der Waals surface area contributed by atoms with Crippen molar-refractivity contribution in [3.8, 4) is 11.1 Å². The van der Waals surface area contributed by atoms with Gasteiger partial charge in [0.25, 0.3) is 5.91 Å². The molecule has 0 saturated carbocycles. The highest BCUT2D eigenvalue weighted by atomic mass is 16.5. The Morgan fingerprint density at radius 2 is 2.19 bits per heavy atom. The summed E-state index contributed by atoms with van der Waals surface area (Å²) in [5, 5.41) is 7.15. The molecule has 4 rings (SSSR count). The van der Waals surface area contributed by atoms with Crippen LogP contribution in [0.25, 0.3) is 11.1 Å². The lowest BCUT2D eigenvalue weighted by Gasteiger charge is -2.32. The molecule has 1 amide bonds. The first-order valence-corrected chi connectivity index (χ1v) is 8.29. The Morgan fingerprint density at radius 1 is 1.27 bits per heavy atom. The highest BCUT2D eigenvalue weighted by molar-refractivity contribution is 5.92. The molecule has 8 heteroatoms. The summed E-state index contributed by atoms with van der Waals surface area (Å²) in [6.45, 7) is 1.39. The van der Waals surface area contributed by atoms with Crippen LogP contribution in [0.4, 0.5) is 5.82 Å². The number of nitrogens with two attached hydrogens (primary N) is 1. The number of amides is 1. The summed E-state index contributed by atoms with van der Waals surface area (Å²) in [7, 11) is 0. The maximum absolute atomic E-state index is 12.7. The minimum Gasteiger partial charge on any atom is -0.384 e. The van der Waals surface area contributed by atoms with E-state index >= 15 is 0 Å². The van der Waals surface area contributed by atoms with Gasteiger partial charge < -0.3 is 15.4 Å². The van der Waals surface area contributed by atoms with Gasteiger partial charge >= 0.3 is 0 Å². The molecule has 0 spiro atoms. The molecule has 1 unspecified atom stereocenters. The van der Waals surface area contributed by atoms with Crippen LogP contribution in [-0.4, -0.2) is 50.7 Å².